The van der Waals surface area contributed by atoms with Gasteiger partial charge in [-0.1, -0.05) is 29.8 Å². The Morgan fingerprint density at radius 3 is 2.13 bits per heavy atom. The van der Waals surface area contributed by atoms with Crippen LogP contribution < -0.4 is 4.74 Å². The molecule has 0 spiro atoms. The third kappa shape index (κ3) is 7.35. The average molecular weight is 685 g/mol. The smallest absolute Gasteiger partial charge is 0.475 e. The fraction of sp³-hybridized carbons (Fsp3) is 0.226. The molecule has 1 aromatic heterocycles. The number of imide groups is 1. The number of fused-ring (bicyclic) bond motifs is 1. The predicted molar refractivity (Wildman–Crippen MR) is 154 cm³/mol. The highest BCUT2D eigenvalue weighted by Crippen LogP contribution is 2.36. The lowest BCUT2D eigenvalue weighted by atomic mass is 9.93. The molecule has 0 aliphatic carbocycles. The number of cyclic esters (lactones) is 1. The monoisotopic (exact) mass is 684 g/mol. The van der Waals surface area contributed by atoms with Crippen LogP contribution in [0.1, 0.15) is 39.7 Å². The van der Waals surface area contributed by atoms with Gasteiger partial charge in [-0.25, -0.2) is 14.5 Å². The maximum atomic E-state index is 13.6. The molecule has 47 heavy (non-hydrogen) atoms. The van der Waals surface area contributed by atoms with Crippen molar-refractivity contribution in [3.63, 3.8) is 0 Å². The first-order valence-electron chi connectivity index (χ1n) is 13.3. The highest BCUT2D eigenvalue weighted by atomic mass is 35.5. The Balaban J connectivity index is 0.000000644. The summed E-state index contributed by atoms with van der Waals surface area (Å²) in [6.45, 7) is 3.33. The summed E-state index contributed by atoms with van der Waals surface area (Å²) in [5, 5.41) is 8.02. The number of nitrogens with zero attached hydrogens (tertiary/aromatic N) is 2. The van der Waals surface area contributed by atoms with E-state index < -0.39 is 41.9 Å². The molecule has 1 fully saturated rings. The van der Waals surface area contributed by atoms with E-state index >= 15 is 0 Å². The lowest BCUT2D eigenvalue weighted by molar-refractivity contribution is -0.274. The lowest BCUT2D eigenvalue weighted by Gasteiger charge is -2.21. The molecule has 3 aromatic carbocycles. The molecular weight excluding hydrogens is 662 g/mol. The van der Waals surface area contributed by atoms with Crippen molar-refractivity contribution in [2.45, 2.75) is 38.5 Å². The molecule has 5 rings (SSSR count). The van der Waals surface area contributed by atoms with Crippen molar-refractivity contribution in [2.75, 3.05) is 7.05 Å². The Morgan fingerprint density at radius 2 is 1.60 bits per heavy atom. The van der Waals surface area contributed by atoms with E-state index in [9.17, 15) is 40.7 Å². The summed E-state index contributed by atoms with van der Waals surface area (Å²) in [6.07, 6.45) is -10.8. The second kappa shape index (κ2) is 12.6. The third-order valence-corrected chi connectivity index (χ3v) is 7.45. The van der Waals surface area contributed by atoms with Crippen LogP contribution in [0.25, 0.3) is 10.9 Å². The maximum absolute atomic E-state index is 13.6. The molecular formula is C31H23ClF6N2O7. The zero-order valence-electron chi connectivity index (χ0n) is 24.5. The van der Waals surface area contributed by atoms with E-state index in [-0.39, 0.29) is 12.3 Å². The van der Waals surface area contributed by atoms with E-state index in [1.807, 2.05) is 0 Å². The number of rotatable bonds is 6. The number of hydrogen-bond acceptors (Lipinski definition) is 6. The van der Waals surface area contributed by atoms with Crippen LogP contribution in [0, 0.1) is 6.92 Å². The fourth-order valence-electron chi connectivity index (χ4n) is 4.91. The van der Waals surface area contributed by atoms with Crippen molar-refractivity contribution in [1.82, 2.24) is 9.47 Å². The number of aromatic nitrogens is 1. The summed E-state index contributed by atoms with van der Waals surface area (Å²) in [6, 6.07) is 16.9. The molecule has 1 atom stereocenters. The number of hydrogen-bond donors (Lipinski definition) is 1. The SMILES string of the molecule is Cc1c(C(=O)c2ccc(Cl)cc2)c2ccc(OC(F)(F)F)cc2n1Cc1cccc([C@@]2(C)OC(=O)N(C)C2=O)c1.O=C(O)C(F)(F)F. The normalized spacial score (nSPS) is 16.5. The molecule has 0 bridgehead atoms. The van der Waals surface area contributed by atoms with E-state index in [4.69, 9.17) is 26.2 Å². The summed E-state index contributed by atoms with van der Waals surface area (Å²) in [4.78, 5) is 48.1. The average Bonchev–Trinajstić information content (AvgIpc) is 3.36. The van der Waals surface area contributed by atoms with E-state index in [1.165, 1.54) is 26.1 Å². The second-order valence-corrected chi connectivity index (χ2v) is 10.8. The van der Waals surface area contributed by atoms with Crippen LogP contribution in [0.15, 0.2) is 66.7 Å². The lowest BCUT2D eigenvalue weighted by Crippen LogP contribution is -2.34. The molecule has 1 saturated heterocycles. The zero-order chi connectivity index (χ0) is 35.1. The summed E-state index contributed by atoms with van der Waals surface area (Å²) >= 11 is 5.98. The van der Waals surface area contributed by atoms with Crippen molar-refractivity contribution in [3.05, 3.63) is 99.7 Å². The highest BCUT2D eigenvalue weighted by Gasteiger charge is 2.50. The van der Waals surface area contributed by atoms with E-state index in [1.54, 1.807) is 60.0 Å². The van der Waals surface area contributed by atoms with Gasteiger partial charge in [0.05, 0.1) is 11.1 Å². The number of amides is 2. The molecule has 0 unspecified atom stereocenters. The number of carboxylic acid groups (broad SMARTS) is 1. The predicted octanol–water partition coefficient (Wildman–Crippen LogP) is 7.24. The Kier molecular flexibility index (Phi) is 9.35. The minimum absolute atomic E-state index is 0.133. The first-order valence-corrected chi connectivity index (χ1v) is 13.7. The topological polar surface area (TPSA) is 115 Å². The number of benzene rings is 3. The first kappa shape index (κ1) is 34.8. The largest absolute Gasteiger partial charge is 0.573 e. The molecule has 248 valence electrons. The van der Waals surface area contributed by atoms with Crippen LogP contribution in [0.2, 0.25) is 5.02 Å². The summed E-state index contributed by atoms with van der Waals surface area (Å²) in [5.41, 5.74) is 1.10. The van der Waals surface area contributed by atoms with Gasteiger partial charge in [-0.15, -0.1) is 13.2 Å². The second-order valence-electron chi connectivity index (χ2n) is 10.4. The van der Waals surface area contributed by atoms with Gasteiger partial charge in [0.1, 0.15) is 5.75 Å². The molecule has 2 heterocycles. The van der Waals surface area contributed by atoms with Gasteiger partial charge >= 0.3 is 24.6 Å². The molecule has 16 heteroatoms. The quantitative estimate of drug-likeness (QED) is 0.168. The number of alkyl halides is 6. The molecule has 4 aromatic rings. The van der Waals surface area contributed by atoms with Crippen LogP contribution >= 0.6 is 11.6 Å². The van der Waals surface area contributed by atoms with Gasteiger partial charge < -0.3 is 19.1 Å². The highest BCUT2D eigenvalue weighted by molar-refractivity contribution is 6.30. The number of carbonyl (C=O) groups excluding carboxylic acids is 3. The summed E-state index contributed by atoms with van der Waals surface area (Å²) in [5.74, 6) is -4.04. The van der Waals surface area contributed by atoms with Gasteiger partial charge in [-0.05, 0) is 61.9 Å². The van der Waals surface area contributed by atoms with E-state index in [2.05, 4.69) is 4.74 Å². The third-order valence-electron chi connectivity index (χ3n) is 7.20. The molecule has 2 amide bonds. The van der Waals surface area contributed by atoms with Crippen molar-refractivity contribution < 1.29 is 60.1 Å². The molecule has 9 nitrogen and oxygen atoms in total. The maximum Gasteiger partial charge on any atom is 0.573 e. The Morgan fingerprint density at radius 1 is 0.979 bits per heavy atom. The van der Waals surface area contributed by atoms with Crippen LogP contribution in [0.5, 0.6) is 5.75 Å². The Labute approximate surface area is 266 Å². The summed E-state index contributed by atoms with van der Waals surface area (Å²) < 4.78 is 82.0. The van der Waals surface area contributed by atoms with Crippen molar-refractivity contribution in [1.29, 1.82) is 0 Å². The van der Waals surface area contributed by atoms with Crippen molar-refractivity contribution in [3.8, 4) is 5.75 Å². The van der Waals surface area contributed by atoms with Gasteiger partial charge in [0.2, 0.25) is 5.60 Å². The number of likely N-dealkylation sites (N-methyl/N-ethyl adjacent to an activating group) is 1. The molecule has 0 radical (unpaired) electrons. The number of halogens is 7. The van der Waals surface area contributed by atoms with Gasteiger partial charge in [0.25, 0.3) is 5.91 Å². The van der Waals surface area contributed by atoms with Crippen LogP contribution in [-0.4, -0.2) is 57.9 Å². The molecule has 1 aliphatic heterocycles. The van der Waals surface area contributed by atoms with Gasteiger partial charge in [-0.3, -0.25) is 9.59 Å². The van der Waals surface area contributed by atoms with Crippen LogP contribution in [0.4, 0.5) is 31.1 Å². The van der Waals surface area contributed by atoms with E-state index in [0.29, 0.717) is 43.9 Å². The first-order chi connectivity index (χ1) is 21.7. The van der Waals surface area contributed by atoms with Gasteiger partial charge in [-0.2, -0.15) is 13.2 Å². The summed E-state index contributed by atoms with van der Waals surface area (Å²) in [7, 11) is 1.33. The number of ketones is 1. The molecule has 0 saturated carbocycles. The Bertz CT molecular complexity index is 1890. The van der Waals surface area contributed by atoms with Crippen molar-refractivity contribution in [2.24, 2.45) is 0 Å². The number of aliphatic carboxylic acids is 1. The number of carbonyl (C=O) groups is 4. The fourth-order valence-corrected chi connectivity index (χ4v) is 5.04. The van der Waals surface area contributed by atoms with Gasteiger partial charge in [0.15, 0.2) is 5.78 Å². The minimum Gasteiger partial charge on any atom is -0.475 e. The van der Waals surface area contributed by atoms with Crippen molar-refractivity contribution >= 4 is 46.3 Å². The Hall–Kier alpha value is -5.05. The zero-order valence-corrected chi connectivity index (χ0v) is 25.3. The van der Waals surface area contributed by atoms with Gasteiger partial charge in [0, 0.05) is 46.9 Å². The standard InChI is InChI=1S/C29H22ClF3N2O5.C2HF3O2/c1-16-24(25(36)18-7-9-20(30)10-8-18)22-12-11-21(39-29(31,32)33)14-23(22)35(16)15-17-5-4-6-19(13-17)28(2)26(37)34(3)27(38)40-28;3-2(4,5)1(6)7/h4-14H,15H2,1-3H3;(H,6,7)/t28-;/m1./s1. The van der Waals surface area contributed by atoms with E-state index in [0.717, 1.165) is 11.0 Å². The number of ether oxygens (including phenoxy) is 2. The van der Waals surface area contributed by atoms with Crippen LogP contribution in [0.3, 0.4) is 0 Å². The molecule has 1 aliphatic rings. The molecule has 1 N–H and O–H groups in total. The minimum atomic E-state index is -5.08. The number of carboxylic acids is 1. The van der Waals surface area contributed by atoms with Crippen LogP contribution in [-0.2, 0) is 26.5 Å².